The van der Waals surface area contributed by atoms with Crippen molar-refractivity contribution in [2.75, 3.05) is 36.5 Å². The van der Waals surface area contributed by atoms with E-state index < -0.39 is 0 Å². The molecule has 3 aliphatic heterocycles. The summed E-state index contributed by atoms with van der Waals surface area (Å²) in [5.74, 6) is 1.75. The SMILES string of the molecule is COc1nc2c(c(N3CC4CC[C@@H](C3)N4)n1)CCN(c1cccc3c1C(C)CCC3)C2. The molecule has 2 bridgehead atoms. The number of methoxy groups -OCH3 is 1. The largest absolute Gasteiger partial charge is 0.467 e. The van der Waals surface area contributed by atoms with Gasteiger partial charge in [-0.2, -0.15) is 9.97 Å². The van der Waals surface area contributed by atoms with Gasteiger partial charge in [-0.25, -0.2) is 0 Å². The number of benzene rings is 1. The Morgan fingerprint density at radius 1 is 1.03 bits per heavy atom. The molecule has 0 amide bonds. The van der Waals surface area contributed by atoms with Crippen LogP contribution < -0.4 is 19.9 Å². The van der Waals surface area contributed by atoms with E-state index in [4.69, 9.17) is 14.7 Å². The van der Waals surface area contributed by atoms with Crippen molar-refractivity contribution in [1.82, 2.24) is 15.3 Å². The van der Waals surface area contributed by atoms with Crippen molar-refractivity contribution in [1.29, 1.82) is 0 Å². The zero-order chi connectivity index (χ0) is 20.9. The van der Waals surface area contributed by atoms with Crippen molar-refractivity contribution < 1.29 is 4.74 Å². The zero-order valence-corrected chi connectivity index (χ0v) is 18.7. The quantitative estimate of drug-likeness (QED) is 0.823. The molecule has 2 saturated heterocycles. The molecule has 3 atom stereocenters. The molecule has 2 unspecified atom stereocenters. The molecule has 6 heteroatoms. The van der Waals surface area contributed by atoms with Crippen molar-refractivity contribution >= 4 is 11.5 Å². The number of piperazine rings is 1. The molecule has 4 heterocycles. The second kappa shape index (κ2) is 7.66. The third-order valence-electron chi connectivity index (χ3n) is 7.81. The minimum Gasteiger partial charge on any atom is -0.467 e. The van der Waals surface area contributed by atoms with Gasteiger partial charge in [0.05, 0.1) is 19.3 Å². The van der Waals surface area contributed by atoms with E-state index >= 15 is 0 Å². The van der Waals surface area contributed by atoms with Crippen molar-refractivity contribution in [3.05, 3.63) is 40.6 Å². The van der Waals surface area contributed by atoms with Crippen LogP contribution in [-0.2, 0) is 19.4 Å². The lowest BCUT2D eigenvalue weighted by molar-refractivity contribution is 0.374. The van der Waals surface area contributed by atoms with Gasteiger partial charge in [-0.3, -0.25) is 0 Å². The number of aromatic nitrogens is 2. The maximum absolute atomic E-state index is 5.55. The number of rotatable bonds is 3. The third-order valence-corrected chi connectivity index (χ3v) is 7.81. The van der Waals surface area contributed by atoms with Gasteiger partial charge >= 0.3 is 6.01 Å². The minimum absolute atomic E-state index is 0.505. The smallest absolute Gasteiger partial charge is 0.318 e. The van der Waals surface area contributed by atoms with E-state index in [1.807, 2.05) is 0 Å². The van der Waals surface area contributed by atoms with Crippen LogP contribution in [0.25, 0.3) is 0 Å². The minimum atomic E-state index is 0.505. The van der Waals surface area contributed by atoms with Gasteiger partial charge in [-0.15, -0.1) is 0 Å². The Morgan fingerprint density at radius 2 is 1.87 bits per heavy atom. The fourth-order valence-electron chi connectivity index (χ4n) is 6.32. The average molecular weight is 420 g/mol. The molecule has 0 radical (unpaired) electrons. The summed E-state index contributed by atoms with van der Waals surface area (Å²) in [5.41, 5.74) is 6.99. The Morgan fingerprint density at radius 3 is 2.68 bits per heavy atom. The van der Waals surface area contributed by atoms with E-state index in [1.165, 1.54) is 43.4 Å². The summed E-state index contributed by atoms with van der Waals surface area (Å²) in [5, 5.41) is 3.74. The Hall–Kier alpha value is -2.34. The summed E-state index contributed by atoms with van der Waals surface area (Å²) in [6.07, 6.45) is 7.35. The van der Waals surface area contributed by atoms with Crippen LogP contribution in [0.4, 0.5) is 11.5 Å². The summed E-state index contributed by atoms with van der Waals surface area (Å²) >= 11 is 0. The van der Waals surface area contributed by atoms with Crippen molar-refractivity contribution in [3.8, 4) is 6.01 Å². The number of nitrogens with one attached hydrogen (secondary N) is 1. The fourth-order valence-corrected chi connectivity index (χ4v) is 6.32. The van der Waals surface area contributed by atoms with Crippen LogP contribution in [0.2, 0.25) is 0 Å². The molecular formula is C25H33N5O. The van der Waals surface area contributed by atoms with E-state index in [2.05, 4.69) is 40.2 Å². The predicted octanol–water partition coefficient (Wildman–Crippen LogP) is 3.43. The van der Waals surface area contributed by atoms with Crippen LogP contribution in [0.3, 0.4) is 0 Å². The Bertz CT molecular complexity index is 980. The predicted molar refractivity (Wildman–Crippen MR) is 123 cm³/mol. The van der Waals surface area contributed by atoms with Gasteiger partial charge in [0.2, 0.25) is 0 Å². The lowest BCUT2D eigenvalue weighted by atomic mass is 9.82. The summed E-state index contributed by atoms with van der Waals surface area (Å²) in [4.78, 5) is 14.7. The third kappa shape index (κ3) is 3.36. The lowest BCUT2D eigenvalue weighted by Crippen LogP contribution is -2.52. The molecule has 4 aliphatic rings. The lowest BCUT2D eigenvalue weighted by Gasteiger charge is -2.38. The van der Waals surface area contributed by atoms with Crippen molar-refractivity contribution in [2.45, 2.75) is 70.0 Å². The second-order valence-electron chi connectivity index (χ2n) is 9.82. The number of hydrogen-bond acceptors (Lipinski definition) is 6. The summed E-state index contributed by atoms with van der Waals surface area (Å²) in [6.45, 7) is 6.33. The maximum atomic E-state index is 5.55. The molecular weight excluding hydrogens is 386 g/mol. The van der Waals surface area contributed by atoms with Gasteiger partial charge in [-0.05, 0) is 61.6 Å². The van der Waals surface area contributed by atoms with E-state index in [9.17, 15) is 0 Å². The van der Waals surface area contributed by atoms with Crippen LogP contribution in [0.15, 0.2) is 18.2 Å². The van der Waals surface area contributed by atoms with Crippen LogP contribution in [0, 0.1) is 0 Å². The van der Waals surface area contributed by atoms with Crippen LogP contribution in [-0.4, -0.2) is 48.8 Å². The summed E-state index contributed by atoms with van der Waals surface area (Å²) < 4.78 is 5.55. The Balaban J connectivity index is 1.35. The van der Waals surface area contributed by atoms with E-state index in [0.29, 0.717) is 24.0 Å². The van der Waals surface area contributed by atoms with Gasteiger partial charge in [0, 0.05) is 43.0 Å². The Kier molecular flexibility index (Phi) is 4.78. The van der Waals surface area contributed by atoms with Gasteiger partial charge < -0.3 is 19.9 Å². The molecule has 0 saturated carbocycles. The van der Waals surface area contributed by atoms with Crippen LogP contribution in [0.5, 0.6) is 6.01 Å². The molecule has 1 aromatic heterocycles. The number of hydrogen-bond donors (Lipinski definition) is 1. The van der Waals surface area contributed by atoms with Gasteiger partial charge in [0.15, 0.2) is 0 Å². The molecule has 1 aliphatic carbocycles. The van der Waals surface area contributed by atoms with Crippen LogP contribution >= 0.6 is 0 Å². The first-order chi connectivity index (χ1) is 15.2. The highest BCUT2D eigenvalue weighted by molar-refractivity contribution is 5.62. The normalized spacial score (nSPS) is 27.1. The first kappa shape index (κ1) is 19.4. The molecule has 164 valence electrons. The van der Waals surface area contributed by atoms with Crippen molar-refractivity contribution in [3.63, 3.8) is 0 Å². The molecule has 1 aromatic carbocycles. The van der Waals surface area contributed by atoms with E-state index in [0.717, 1.165) is 44.1 Å². The first-order valence-electron chi connectivity index (χ1n) is 12.0. The van der Waals surface area contributed by atoms with Gasteiger partial charge in [-0.1, -0.05) is 19.1 Å². The highest BCUT2D eigenvalue weighted by atomic mass is 16.5. The number of ether oxygens (including phenoxy) is 1. The molecule has 2 fully saturated rings. The molecule has 1 N–H and O–H groups in total. The Labute approximate surface area is 185 Å². The standard InChI is InChI=1S/C25H33N5O/c1-16-5-3-6-17-7-4-8-22(23(16)17)29-12-11-20-21(15-29)27-25(31-2)28-24(20)30-13-18-9-10-19(14-30)26-18/h4,7-8,16,18-19,26H,3,5-6,9-15H2,1-2H3/t16?,18-,19?/m0/s1. The molecule has 31 heavy (non-hydrogen) atoms. The summed E-state index contributed by atoms with van der Waals surface area (Å²) in [6, 6.07) is 8.57. The molecule has 2 aromatic rings. The van der Waals surface area contributed by atoms with E-state index in [-0.39, 0.29) is 0 Å². The van der Waals surface area contributed by atoms with Crippen LogP contribution in [0.1, 0.15) is 60.9 Å². The maximum Gasteiger partial charge on any atom is 0.318 e. The molecule has 6 rings (SSSR count). The zero-order valence-electron chi connectivity index (χ0n) is 18.7. The fraction of sp³-hybridized carbons (Fsp3) is 0.600. The number of fused-ring (bicyclic) bond motifs is 4. The highest BCUT2D eigenvalue weighted by Gasteiger charge is 2.35. The van der Waals surface area contributed by atoms with Crippen molar-refractivity contribution in [2.24, 2.45) is 0 Å². The number of aryl methyl sites for hydroxylation is 1. The van der Waals surface area contributed by atoms with Gasteiger partial charge in [0.25, 0.3) is 0 Å². The topological polar surface area (TPSA) is 53.5 Å². The average Bonchev–Trinajstić information content (AvgIpc) is 3.15. The number of anilines is 2. The van der Waals surface area contributed by atoms with Gasteiger partial charge in [0.1, 0.15) is 5.82 Å². The summed E-state index contributed by atoms with van der Waals surface area (Å²) in [7, 11) is 1.68. The molecule has 6 nitrogen and oxygen atoms in total. The molecule has 0 spiro atoms. The second-order valence-corrected chi connectivity index (χ2v) is 9.82. The highest BCUT2D eigenvalue weighted by Crippen LogP contribution is 2.40. The van der Waals surface area contributed by atoms with E-state index in [1.54, 1.807) is 18.2 Å². The monoisotopic (exact) mass is 419 g/mol. The first-order valence-corrected chi connectivity index (χ1v) is 12.0. The number of nitrogens with zero attached hydrogens (tertiary/aromatic N) is 4.